The number of nitrogens with zero attached hydrogens (tertiary/aromatic N) is 2. The van der Waals surface area contributed by atoms with Crippen LogP contribution < -0.4 is 19.6 Å². The summed E-state index contributed by atoms with van der Waals surface area (Å²) in [5.74, 6) is -1.09. The van der Waals surface area contributed by atoms with Crippen molar-refractivity contribution in [2.75, 3.05) is 19.8 Å². The SMILES string of the molecule is CCOC(=O)COc1c(I)cc(I)cc1/C=c1\sc2n(c1=O)[C@H](c1ccc(F)cc1)C(C(=O)OCC)=C(C)N=2. The lowest BCUT2D eigenvalue weighted by Gasteiger charge is -2.24. The van der Waals surface area contributed by atoms with E-state index in [0.717, 1.165) is 18.5 Å². The molecule has 0 bridgehead atoms. The van der Waals surface area contributed by atoms with E-state index in [1.807, 2.05) is 12.1 Å². The third kappa shape index (κ3) is 6.43. The van der Waals surface area contributed by atoms with Crippen LogP contribution in [0.25, 0.3) is 6.08 Å². The second-order valence-electron chi connectivity index (χ2n) is 8.25. The number of hydrogen-bond donors (Lipinski definition) is 0. The molecular weight excluding hydrogens is 753 g/mol. The Balaban J connectivity index is 1.89. The van der Waals surface area contributed by atoms with E-state index >= 15 is 0 Å². The number of hydrogen-bond acceptors (Lipinski definition) is 8. The number of thiazole rings is 1. The van der Waals surface area contributed by atoms with Gasteiger partial charge in [0, 0.05) is 9.13 Å². The van der Waals surface area contributed by atoms with Crippen molar-refractivity contribution in [2.24, 2.45) is 4.99 Å². The smallest absolute Gasteiger partial charge is 0.344 e. The molecule has 8 nitrogen and oxygen atoms in total. The largest absolute Gasteiger partial charge is 0.480 e. The summed E-state index contributed by atoms with van der Waals surface area (Å²) in [5, 5.41) is 0. The van der Waals surface area contributed by atoms with E-state index in [9.17, 15) is 18.8 Å². The zero-order valence-corrected chi connectivity index (χ0v) is 26.3. The molecule has 0 spiro atoms. The number of aromatic nitrogens is 1. The summed E-state index contributed by atoms with van der Waals surface area (Å²) in [4.78, 5) is 43.7. The van der Waals surface area contributed by atoms with Crippen LogP contribution in [0.4, 0.5) is 4.39 Å². The molecule has 3 aromatic rings. The summed E-state index contributed by atoms with van der Waals surface area (Å²) in [6.45, 7) is 5.20. The third-order valence-electron chi connectivity index (χ3n) is 5.67. The minimum absolute atomic E-state index is 0.149. The van der Waals surface area contributed by atoms with Gasteiger partial charge in [-0.05, 0) is 102 Å². The molecule has 2 heterocycles. The van der Waals surface area contributed by atoms with Crippen molar-refractivity contribution in [2.45, 2.75) is 26.8 Å². The molecule has 1 aromatic heterocycles. The van der Waals surface area contributed by atoms with Crippen LogP contribution in [0.5, 0.6) is 5.75 Å². The monoisotopic (exact) mass is 776 g/mol. The fraction of sp³-hybridized carbons (Fsp3) is 0.259. The van der Waals surface area contributed by atoms with Gasteiger partial charge in [0.1, 0.15) is 11.6 Å². The van der Waals surface area contributed by atoms with E-state index in [2.05, 4.69) is 50.2 Å². The molecule has 0 saturated heterocycles. The van der Waals surface area contributed by atoms with Gasteiger partial charge in [0.25, 0.3) is 5.56 Å². The van der Waals surface area contributed by atoms with Crippen LogP contribution >= 0.6 is 56.5 Å². The molecule has 204 valence electrons. The van der Waals surface area contributed by atoms with Gasteiger partial charge in [-0.1, -0.05) is 23.5 Å². The maximum atomic E-state index is 13.8. The Hall–Kier alpha value is -2.59. The van der Waals surface area contributed by atoms with Gasteiger partial charge in [0.2, 0.25) is 0 Å². The van der Waals surface area contributed by atoms with Crippen LogP contribution in [-0.2, 0) is 19.1 Å². The van der Waals surface area contributed by atoms with E-state index < -0.39 is 23.8 Å². The lowest BCUT2D eigenvalue weighted by Crippen LogP contribution is -2.40. The molecule has 0 radical (unpaired) electrons. The average Bonchev–Trinajstić information content (AvgIpc) is 3.17. The molecule has 1 aliphatic heterocycles. The van der Waals surface area contributed by atoms with Crippen LogP contribution in [0.1, 0.15) is 37.9 Å². The van der Waals surface area contributed by atoms with Gasteiger partial charge in [0.05, 0.1) is 38.6 Å². The first-order valence-corrected chi connectivity index (χ1v) is 14.8. The predicted molar refractivity (Wildman–Crippen MR) is 161 cm³/mol. The summed E-state index contributed by atoms with van der Waals surface area (Å²) < 4.78 is 33.2. The molecular formula is C27H23FI2N2O6S. The average molecular weight is 776 g/mol. The van der Waals surface area contributed by atoms with Crippen molar-refractivity contribution in [3.8, 4) is 5.75 Å². The molecule has 0 fully saturated rings. The summed E-state index contributed by atoms with van der Waals surface area (Å²) >= 11 is 5.44. The summed E-state index contributed by atoms with van der Waals surface area (Å²) in [6.07, 6.45) is 1.68. The quantitative estimate of drug-likeness (QED) is 0.253. The number of allylic oxidation sites excluding steroid dienone is 1. The van der Waals surface area contributed by atoms with Crippen molar-refractivity contribution < 1.29 is 28.2 Å². The van der Waals surface area contributed by atoms with Gasteiger partial charge in [-0.2, -0.15) is 0 Å². The van der Waals surface area contributed by atoms with Crippen molar-refractivity contribution in [1.29, 1.82) is 0 Å². The fourth-order valence-corrected chi connectivity index (χ4v) is 7.15. The van der Waals surface area contributed by atoms with Crippen LogP contribution in [0.15, 0.2) is 57.5 Å². The van der Waals surface area contributed by atoms with E-state index in [1.54, 1.807) is 39.0 Å². The predicted octanol–water partition coefficient (Wildman–Crippen LogP) is 4.09. The highest BCUT2D eigenvalue weighted by molar-refractivity contribution is 14.1. The Bertz CT molecular complexity index is 1650. The Kier molecular flexibility index (Phi) is 9.59. The van der Waals surface area contributed by atoms with Gasteiger partial charge in [-0.15, -0.1) is 0 Å². The molecule has 0 N–H and O–H groups in total. The summed E-state index contributed by atoms with van der Waals surface area (Å²) in [6, 6.07) is 8.53. The summed E-state index contributed by atoms with van der Waals surface area (Å²) in [5.41, 5.74) is 1.39. The van der Waals surface area contributed by atoms with Crippen LogP contribution in [0.2, 0.25) is 0 Å². The Labute approximate surface area is 254 Å². The number of halogens is 3. The van der Waals surface area contributed by atoms with Crippen LogP contribution in [0.3, 0.4) is 0 Å². The first-order valence-electron chi connectivity index (χ1n) is 11.9. The standard InChI is InChI=1S/C27H23FI2N2O6S/c1-4-36-21(33)13-38-24-16(10-18(29)12-19(24)30)11-20-25(34)32-23(15-6-8-17(28)9-7-15)22(26(35)37-5-2)14(3)31-27(32)39-20/h6-12,23H,4-5,13H2,1-3H3/b20-11-/t23-/m1/s1. The highest BCUT2D eigenvalue weighted by atomic mass is 127. The van der Waals surface area contributed by atoms with Crippen molar-refractivity contribution in [3.05, 3.63) is 91.4 Å². The minimum atomic E-state index is -0.848. The molecule has 0 aliphatic carbocycles. The van der Waals surface area contributed by atoms with Crippen LogP contribution in [-0.4, -0.2) is 36.3 Å². The summed E-state index contributed by atoms with van der Waals surface area (Å²) in [7, 11) is 0. The topological polar surface area (TPSA) is 96.2 Å². The number of benzene rings is 2. The van der Waals surface area contributed by atoms with Gasteiger partial charge < -0.3 is 14.2 Å². The van der Waals surface area contributed by atoms with Crippen molar-refractivity contribution >= 4 is 74.5 Å². The first-order chi connectivity index (χ1) is 18.6. The molecule has 12 heteroatoms. The van der Waals surface area contributed by atoms with Gasteiger partial charge in [-0.25, -0.2) is 19.0 Å². The lowest BCUT2D eigenvalue weighted by atomic mass is 9.96. The second kappa shape index (κ2) is 12.7. The maximum Gasteiger partial charge on any atom is 0.344 e. The minimum Gasteiger partial charge on any atom is -0.480 e. The molecule has 0 unspecified atom stereocenters. The van der Waals surface area contributed by atoms with E-state index in [4.69, 9.17) is 14.2 Å². The molecule has 1 atom stereocenters. The first kappa shape index (κ1) is 29.4. The Morgan fingerprint density at radius 3 is 2.49 bits per heavy atom. The number of carbonyl (C=O) groups is 2. The number of carbonyl (C=O) groups excluding carboxylic acids is 2. The fourth-order valence-electron chi connectivity index (χ4n) is 4.07. The van der Waals surface area contributed by atoms with Crippen LogP contribution in [0, 0.1) is 13.0 Å². The number of rotatable bonds is 8. The molecule has 4 rings (SSSR count). The number of ether oxygens (including phenoxy) is 3. The van der Waals surface area contributed by atoms with Gasteiger partial charge in [-0.3, -0.25) is 9.36 Å². The van der Waals surface area contributed by atoms with Gasteiger partial charge >= 0.3 is 11.9 Å². The van der Waals surface area contributed by atoms with Gasteiger partial charge in [0.15, 0.2) is 11.4 Å². The molecule has 1 aliphatic rings. The van der Waals surface area contributed by atoms with Crippen molar-refractivity contribution in [1.82, 2.24) is 4.57 Å². The highest BCUT2D eigenvalue weighted by Gasteiger charge is 2.33. The molecule has 0 amide bonds. The van der Waals surface area contributed by atoms with E-state index in [1.165, 1.54) is 16.7 Å². The van der Waals surface area contributed by atoms with E-state index in [0.29, 0.717) is 31.9 Å². The zero-order valence-electron chi connectivity index (χ0n) is 21.1. The normalized spacial score (nSPS) is 15.0. The Morgan fingerprint density at radius 1 is 1.13 bits per heavy atom. The zero-order chi connectivity index (χ0) is 28.3. The third-order valence-corrected chi connectivity index (χ3v) is 8.07. The Morgan fingerprint density at radius 2 is 1.82 bits per heavy atom. The highest BCUT2D eigenvalue weighted by Crippen LogP contribution is 2.31. The number of fused-ring (bicyclic) bond motifs is 1. The molecule has 2 aromatic carbocycles. The number of esters is 2. The molecule has 39 heavy (non-hydrogen) atoms. The van der Waals surface area contributed by atoms with Crippen molar-refractivity contribution in [3.63, 3.8) is 0 Å². The maximum absolute atomic E-state index is 13.8. The molecule has 0 saturated carbocycles. The van der Waals surface area contributed by atoms with E-state index in [-0.39, 0.29) is 31.0 Å². The lowest BCUT2D eigenvalue weighted by molar-refractivity contribution is -0.145. The second-order valence-corrected chi connectivity index (χ2v) is 11.7.